The van der Waals surface area contributed by atoms with Crippen molar-refractivity contribution in [1.29, 1.82) is 0 Å². The van der Waals surface area contributed by atoms with E-state index in [0.29, 0.717) is 34.8 Å². The molecule has 8 heteroatoms. The number of ketones is 1. The molecule has 1 heterocycles. The van der Waals surface area contributed by atoms with Gasteiger partial charge in [0.05, 0.1) is 32.4 Å². The summed E-state index contributed by atoms with van der Waals surface area (Å²) in [5.74, 6) is -0.205. The Morgan fingerprint density at radius 1 is 0.975 bits per heavy atom. The number of amides is 1. The number of carbonyl (C=O) groups is 2. The van der Waals surface area contributed by atoms with Crippen LogP contribution in [0, 0.1) is 6.92 Å². The number of aliphatic hydroxyl groups is 1. The van der Waals surface area contributed by atoms with Gasteiger partial charge in [0.2, 0.25) is 0 Å². The Bertz CT molecular complexity index is 1460. The summed E-state index contributed by atoms with van der Waals surface area (Å²) in [6, 6.07) is 14.6. The second-order valence-corrected chi connectivity index (χ2v) is 10.00. The number of aromatic hydroxyl groups is 1. The predicted molar refractivity (Wildman–Crippen MR) is 152 cm³/mol. The fraction of sp³-hybridized carbons (Fsp3) is 0.312. The number of aliphatic hydroxyl groups excluding tert-OH is 1. The summed E-state index contributed by atoms with van der Waals surface area (Å²) in [5.41, 5.74) is 3.27. The summed E-state index contributed by atoms with van der Waals surface area (Å²) < 4.78 is 16.4. The minimum absolute atomic E-state index is 0.0328. The van der Waals surface area contributed by atoms with Gasteiger partial charge in [-0.1, -0.05) is 32.0 Å². The van der Waals surface area contributed by atoms with E-state index in [-0.39, 0.29) is 35.3 Å². The second-order valence-electron chi connectivity index (χ2n) is 10.00. The lowest BCUT2D eigenvalue weighted by Gasteiger charge is -2.26. The van der Waals surface area contributed by atoms with Gasteiger partial charge in [-0.25, -0.2) is 0 Å². The number of ether oxygens (including phenoxy) is 3. The third kappa shape index (κ3) is 5.34. The van der Waals surface area contributed by atoms with Crippen LogP contribution in [0.25, 0.3) is 5.76 Å². The standard InChI is InChI=1S/C32H35NO7/c1-7-40-27-15-21(10-13-25(27)34)29-28(30(35)24-16-23(18(2)3)26(39-6)14-19(24)4)31(36)32(37)33(29)17-20-8-11-22(38-5)12-9-20/h8-16,18,29,34-35H,7,17H2,1-6H3/b30-28+. The molecule has 0 saturated carbocycles. The quantitative estimate of drug-likeness (QED) is 0.197. The zero-order chi connectivity index (χ0) is 29.1. The fourth-order valence-corrected chi connectivity index (χ4v) is 5.02. The molecule has 0 radical (unpaired) electrons. The molecule has 0 aliphatic carbocycles. The minimum atomic E-state index is -0.925. The molecule has 210 valence electrons. The Balaban J connectivity index is 1.92. The van der Waals surface area contributed by atoms with Crippen LogP contribution in [0.5, 0.6) is 23.0 Å². The molecule has 0 bridgehead atoms. The normalized spacial score (nSPS) is 16.5. The molecular formula is C32H35NO7. The summed E-state index contributed by atoms with van der Waals surface area (Å²) in [5, 5.41) is 22.0. The smallest absolute Gasteiger partial charge is 0.295 e. The lowest BCUT2D eigenvalue weighted by molar-refractivity contribution is -0.140. The number of methoxy groups -OCH3 is 2. The highest BCUT2D eigenvalue weighted by atomic mass is 16.5. The monoisotopic (exact) mass is 545 g/mol. The number of aryl methyl sites for hydroxylation is 1. The van der Waals surface area contributed by atoms with Crippen LogP contribution in [-0.4, -0.2) is 47.6 Å². The molecule has 3 aromatic rings. The second kappa shape index (κ2) is 11.7. The van der Waals surface area contributed by atoms with Crippen molar-refractivity contribution < 1.29 is 34.0 Å². The fourth-order valence-electron chi connectivity index (χ4n) is 5.02. The van der Waals surface area contributed by atoms with E-state index in [1.54, 1.807) is 45.4 Å². The van der Waals surface area contributed by atoms with Crippen molar-refractivity contribution in [2.45, 2.75) is 46.2 Å². The lowest BCUT2D eigenvalue weighted by Crippen LogP contribution is -2.29. The van der Waals surface area contributed by atoms with Crippen LogP contribution in [0.1, 0.15) is 60.5 Å². The minimum Gasteiger partial charge on any atom is -0.507 e. The highest BCUT2D eigenvalue weighted by Gasteiger charge is 2.46. The first-order chi connectivity index (χ1) is 19.1. The zero-order valence-corrected chi connectivity index (χ0v) is 23.6. The molecule has 0 spiro atoms. The van der Waals surface area contributed by atoms with E-state index in [0.717, 1.165) is 11.1 Å². The Morgan fingerprint density at radius 2 is 1.68 bits per heavy atom. The van der Waals surface area contributed by atoms with Crippen LogP contribution in [0.4, 0.5) is 0 Å². The van der Waals surface area contributed by atoms with E-state index in [4.69, 9.17) is 14.2 Å². The molecule has 1 unspecified atom stereocenters. The van der Waals surface area contributed by atoms with Crippen molar-refractivity contribution in [1.82, 2.24) is 4.90 Å². The highest BCUT2D eigenvalue weighted by Crippen LogP contribution is 2.44. The maximum atomic E-state index is 13.6. The van der Waals surface area contributed by atoms with Gasteiger partial charge < -0.3 is 29.3 Å². The van der Waals surface area contributed by atoms with Crippen LogP contribution in [-0.2, 0) is 16.1 Å². The van der Waals surface area contributed by atoms with Gasteiger partial charge >= 0.3 is 0 Å². The Kier molecular flexibility index (Phi) is 8.38. The molecule has 1 amide bonds. The largest absolute Gasteiger partial charge is 0.507 e. The molecule has 40 heavy (non-hydrogen) atoms. The first-order valence-electron chi connectivity index (χ1n) is 13.2. The Labute approximate surface area is 234 Å². The van der Waals surface area contributed by atoms with E-state index in [2.05, 4.69) is 0 Å². The number of benzene rings is 3. The van der Waals surface area contributed by atoms with Gasteiger partial charge in [0.25, 0.3) is 11.7 Å². The molecule has 1 aliphatic rings. The third-order valence-electron chi connectivity index (χ3n) is 7.11. The first-order valence-corrected chi connectivity index (χ1v) is 13.2. The number of nitrogens with zero attached hydrogens (tertiary/aromatic N) is 1. The number of phenolic OH excluding ortho intramolecular Hbond substituents is 1. The molecule has 1 fully saturated rings. The van der Waals surface area contributed by atoms with Gasteiger partial charge in [0, 0.05) is 12.1 Å². The topological polar surface area (TPSA) is 106 Å². The maximum absolute atomic E-state index is 13.6. The lowest BCUT2D eigenvalue weighted by atomic mass is 9.91. The highest BCUT2D eigenvalue weighted by molar-refractivity contribution is 6.46. The summed E-state index contributed by atoms with van der Waals surface area (Å²) in [7, 11) is 3.16. The van der Waals surface area contributed by atoms with E-state index in [1.165, 1.54) is 11.0 Å². The molecule has 4 rings (SSSR count). The SMILES string of the molecule is CCOc1cc(C2/C(=C(\O)c3cc(C(C)C)c(OC)cc3C)C(=O)C(=O)N2Cc2ccc(OC)cc2)ccc1O. The molecule has 8 nitrogen and oxygen atoms in total. The Morgan fingerprint density at radius 3 is 2.27 bits per heavy atom. The molecule has 0 aromatic heterocycles. The van der Waals surface area contributed by atoms with Crippen molar-refractivity contribution in [3.63, 3.8) is 0 Å². The van der Waals surface area contributed by atoms with Gasteiger partial charge in [-0.2, -0.15) is 0 Å². The van der Waals surface area contributed by atoms with Gasteiger partial charge in [-0.3, -0.25) is 9.59 Å². The van der Waals surface area contributed by atoms with Crippen molar-refractivity contribution in [2.75, 3.05) is 20.8 Å². The number of hydrogen-bond donors (Lipinski definition) is 2. The van der Waals surface area contributed by atoms with Gasteiger partial charge in [0.15, 0.2) is 11.5 Å². The van der Waals surface area contributed by atoms with E-state index in [9.17, 15) is 19.8 Å². The molecule has 1 aliphatic heterocycles. The van der Waals surface area contributed by atoms with Crippen molar-refractivity contribution >= 4 is 17.4 Å². The van der Waals surface area contributed by atoms with Crippen LogP contribution >= 0.6 is 0 Å². The van der Waals surface area contributed by atoms with Gasteiger partial charge in [-0.05, 0) is 78.4 Å². The number of Topliss-reactive ketones (excluding diaryl/α,β-unsaturated/α-hetero) is 1. The van der Waals surface area contributed by atoms with Crippen molar-refractivity contribution in [3.8, 4) is 23.0 Å². The van der Waals surface area contributed by atoms with E-state index >= 15 is 0 Å². The average molecular weight is 546 g/mol. The van der Waals surface area contributed by atoms with Crippen LogP contribution < -0.4 is 14.2 Å². The summed E-state index contributed by atoms with van der Waals surface area (Å²) >= 11 is 0. The zero-order valence-electron chi connectivity index (χ0n) is 23.6. The predicted octanol–water partition coefficient (Wildman–Crippen LogP) is 5.86. The van der Waals surface area contributed by atoms with Crippen molar-refractivity contribution in [2.24, 2.45) is 0 Å². The van der Waals surface area contributed by atoms with Crippen LogP contribution in [0.15, 0.2) is 60.2 Å². The summed E-state index contributed by atoms with van der Waals surface area (Å²) in [4.78, 5) is 28.5. The number of phenols is 1. The average Bonchev–Trinajstić information content (AvgIpc) is 3.19. The van der Waals surface area contributed by atoms with E-state index < -0.39 is 17.7 Å². The number of likely N-dealkylation sites (tertiary alicyclic amines) is 1. The number of hydrogen-bond acceptors (Lipinski definition) is 7. The number of carbonyl (C=O) groups excluding carboxylic acids is 2. The van der Waals surface area contributed by atoms with Crippen LogP contribution in [0.2, 0.25) is 0 Å². The summed E-state index contributed by atoms with van der Waals surface area (Å²) in [6.07, 6.45) is 0. The molecule has 3 aromatic carbocycles. The molecular weight excluding hydrogens is 510 g/mol. The van der Waals surface area contributed by atoms with Gasteiger partial charge in [0.1, 0.15) is 17.3 Å². The molecule has 1 saturated heterocycles. The maximum Gasteiger partial charge on any atom is 0.295 e. The third-order valence-corrected chi connectivity index (χ3v) is 7.11. The summed E-state index contributed by atoms with van der Waals surface area (Å²) in [6.45, 7) is 8.05. The number of rotatable bonds is 9. The van der Waals surface area contributed by atoms with Gasteiger partial charge in [-0.15, -0.1) is 0 Å². The Hall–Kier alpha value is -4.46. The first kappa shape index (κ1) is 28.5. The van der Waals surface area contributed by atoms with Crippen LogP contribution in [0.3, 0.4) is 0 Å². The van der Waals surface area contributed by atoms with E-state index in [1.807, 2.05) is 45.0 Å². The molecule has 2 N–H and O–H groups in total. The van der Waals surface area contributed by atoms with Crippen molar-refractivity contribution in [3.05, 3.63) is 88.0 Å². The molecule has 1 atom stereocenters.